The third kappa shape index (κ3) is 5.10. The van der Waals surface area contributed by atoms with Gasteiger partial charge >= 0.3 is 5.97 Å². The summed E-state index contributed by atoms with van der Waals surface area (Å²) in [4.78, 5) is 29.4. The van der Waals surface area contributed by atoms with Gasteiger partial charge in [-0.2, -0.15) is 0 Å². The van der Waals surface area contributed by atoms with Crippen LogP contribution in [-0.4, -0.2) is 26.9 Å². The molecule has 5 nitrogen and oxygen atoms in total. The first kappa shape index (κ1) is 20.8. The minimum atomic E-state index is -1.14. The highest BCUT2D eigenvalue weighted by molar-refractivity contribution is 6.42. The van der Waals surface area contributed by atoms with Crippen molar-refractivity contribution in [2.45, 2.75) is 13.1 Å². The van der Waals surface area contributed by atoms with Crippen LogP contribution < -0.4 is 0 Å². The van der Waals surface area contributed by atoms with Crippen LogP contribution in [0.4, 0.5) is 4.39 Å². The molecule has 0 aliphatic carbocycles. The number of benzene rings is 2. The van der Waals surface area contributed by atoms with E-state index < -0.39 is 17.7 Å². The molecule has 0 radical (unpaired) electrons. The molecular weight excluding hydrogens is 418 g/mol. The Bertz CT molecular complexity index is 1060. The number of nitrogens with zero attached hydrogens (tertiary/aromatic N) is 2. The normalized spacial score (nSPS) is 10.6. The van der Waals surface area contributed by atoms with E-state index in [1.165, 1.54) is 35.4 Å². The molecule has 0 aliphatic rings. The van der Waals surface area contributed by atoms with Crippen molar-refractivity contribution in [2.24, 2.45) is 0 Å². The monoisotopic (exact) mass is 432 g/mol. The van der Waals surface area contributed by atoms with Crippen LogP contribution in [0.25, 0.3) is 0 Å². The summed E-state index contributed by atoms with van der Waals surface area (Å²) in [6, 6.07) is 13.4. The lowest BCUT2D eigenvalue weighted by Crippen LogP contribution is -2.30. The van der Waals surface area contributed by atoms with E-state index in [1.807, 2.05) is 0 Å². The fraction of sp³-hybridized carbons (Fsp3) is 0.0952. The molecule has 2 aromatic carbocycles. The first-order valence-electron chi connectivity index (χ1n) is 8.51. The van der Waals surface area contributed by atoms with Crippen molar-refractivity contribution in [1.82, 2.24) is 9.88 Å². The summed E-state index contributed by atoms with van der Waals surface area (Å²) in [5, 5.41) is 9.66. The summed E-state index contributed by atoms with van der Waals surface area (Å²) in [7, 11) is 0. The highest BCUT2D eigenvalue weighted by atomic mass is 35.5. The quantitative estimate of drug-likeness (QED) is 0.590. The van der Waals surface area contributed by atoms with Crippen molar-refractivity contribution in [3.63, 3.8) is 0 Å². The van der Waals surface area contributed by atoms with E-state index in [9.17, 15) is 14.0 Å². The Morgan fingerprint density at radius 2 is 1.79 bits per heavy atom. The van der Waals surface area contributed by atoms with E-state index >= 15 is 0 Å². The molecule has 0 spiro atoms. The Balaban J connectivity index is 1.93. The fourth-order valence-electron chi connectivity index (χ4n) is 2.74. The van der Waals surface area contributed by atoms with Crippen LogP contribution in [0, 0.1) is 5.82 Å². The number of amides is 1. The number of pyridine rings is 1. The third-order valence-corrected chi connectivity index (χ3v) is 5.03. The van der Waals surface area contributed by atoms with E-state index in [-0.39, 0.29) is 24.3 Å². The van der Waals surface area contributed by atoms with Crippen LogP contribution >= 0.6 is 23.2 Å². The van der Waals surface area contributed by atoms with Gasteiger partial charge in [-0.3, -0.25) is 4.79 Å². The molecule has 0 saturated carbocycles. The van der Waals surface area contributed by atoms with E-state index in [4.69, 9.17) is 28.3 Å². The molecule has 1 heterocycles. The second-order valence-electron chi connectivity index (χ2n) is 6.24. The lowest BCUT2D eigenvalue weighted by atomic mass is 10.1. The lowest BCUT2D eigenvalue weighted by molar-refractivity contribution is 0.0687. The largest absolute Gasteiger partial charge is 0.477 e. The van der Waals surface area contributed by atoms with Crippen molar-refractivity contribution >= 4 is 35.1 Å². The van der Waals surface area contributed by atoms with Crippen LogP contribution in [0.5, 0.6) is 0 Å². The van der Waals surface area contributed by atoms with Gasteiger partial charge in [-0.15, -0.1) is 0 Å². The van der Waals surface area contributed by atoms with Crippen molar-refractivity contribution < 1.29 is 19.1 Å². The van der Waals surface area contributed by atoms with Gasteiger partial charge in [0.2, 0.25) is 0 Å². The smallest absolute Gasteiger partial charge is 0.354 e. The molecule has 0 fully saturated rings. The number of halogens is 3. The maximum atomic E-state index is 13.6. The number of hydrogen-bond donors (Lipinski definition) is 1. The standard InChI is InChI=1S/C21H15Cl2FN2O3/c22-17-6-2-4-15(19(17)23)12-26(20(27)14-3-1-5-16(24)9-14)11-13-7-8-18(21(28)29)25-10-13/h1-10H,11-12H2,(H,28,29). The molecule has 1 N–H and O–H groups in total. The third-order valence-electron chi connectivity index (χ3n) is 4.17. The van der Waals surface area contributed by atoms with Gasteiger partial charge in [0.15, 0.2) is 0 Å². The molecule has 0 bridgehead atoms. The Morgan fingerprint density at radius 1 is 1.03 bits per heavy atom. The number of aromatic nitrogens is 1. The highest BCUT2D eigenvalue weighted by Gasteiger charge is 2.19. The number of carbonyl (C=O) groups is 2. The molecule has 3 aromatic rings. The van der Waals surface area contributed by atoms with Gasteiger partial charge in [0.05, 0.1) is 10.0 Å². The number of carbonyl (C=O) groups excluding carboxylic acids is 1. The predicted molar refractivity (Wildman–Crippen MR) is 108 cm³/mol. The molecule has 0 aliphatic heterocycles. The SMILES string of the molecule is O=C(O)c1ccc(CN(Cc2cccc(Cl)c2Cl)C(=O)c2cccc(F)c2)cn1. The van der Waals surface area contributed by atoms with Crippen molar-refractivity contribution in [3.05, 3.63) is 99.0 Å². The maximum Gasteiger partial charge on any atom is 0.354 e. The molecule has 0 unspecified atom stereocenters. The first-order valence-corrected chi connectivity index (χ1v) is 9.26. The molecule has 8 heteroatoms. The number of carboxylic acids is 1. The van der Waals surface area contributed by atoms with Crippen LogP contribution in [0.15, 0.2) is 60.8 Å². The van der Waals surface area contributed by atoms with Gasteiger partial charge in [0.1, 0.15) is 11.5 Å². The second-order valence-corrected chi connectivity index (χ2v) is 7.03. The number of rotatable bonds is 6. The van der Waals surface area contributed by atoms with Gasteiger partial charge in [-0.1, -0.05) is 47.5 Å². The van der Waals surface area contributed by atoms with Crippen molar-refractivity contribution in [3.8, 4) is 0 Å². The second kappa shape index (κ2) is 9.03. The van der Waals surface area contributed by atoms with Gasteiger partial charge in [0, 0.05) is 24.8 Å². The summed E-state index contributed by atoms with van der Waals surface area (Å²) < 4.78 is 13.6. The number of aromatic carboxylic acids is 1. The fourth-order valence-corrected chi connectivity index (χ4v) is 3.12. The Labute approximate surface area is 176 Å². The predicted octanol–water partition coefficient (Wildman–Crippen LogP) is 5.07. The summed E-state index contributed by atoms with van der Waals surface area (Å²) in [6.45, 7) is 0.237. The molecule has 1 aromatic heterocycles. The topological polar surface area (TPSA) is 70.5 Å². The van der Waals surface area contributed by atoms with Gasteiger partial charge in [-0.05, 0) is 41.5 Å². The summed E-state index contributed by atoms with van der Waals surface area (Å²) in [5.41, 5.74) is 1.31. The van der Waals surface area contributed by atoms with E-state index in [0.717, 1.165) is 6.07 Å². The number of carboxylic acid groups (broad SMARTS) is 1. The average Bonchev–Trinajstić information content (AvgIpc) is 2.70. The van der Waals surface area contributed by atoms with E-state index in [2.05, 4.69) is 4.98 Å². The minimum Gasteiger partial charge on any atom is -0.477 e. The van der Waals surface area contributed by atoms with E-state index in [1.54, 1.807) is 24.3 Å². The average molecular weight is 433 g/mol. The Hall–Kier alpha value is -2.96. The van der Waals surface area contributed by atoms with E-state index in [0.29, 0.717) is 21.2 Å². The van der Waals surface area contributed by atoms with Crippen LogP contribution in [0.3, 0.4) is 0 Å². The molecule has 0 saturated heterocycles. The zero-order valence-corrected chi connectivity index (χ0v) is 16.5. The zero-order chi connectivity index (χ0) is 21.0. The summed E-state index contributed by atoms with van der Waals surface area (Å²) in [6.07, 6.45) is 1.38. The Morgan fingerprint density at radius 3 is 2.45 bits per heavy atom. The molecule has 29 heavy (non-hydrogen) atoms. The summed E-state index contributed by atoms with van der Waals surface area (Å²) >= 11 is 12.3. The molecule has 3 rings (SSSR count). The van der Waals surface area contributed by atoms with Crippen molar-refractivity contribution in [2.75, 3.05) is 0 Å². The highest BCUT2D eigenvalue weighted by Crippen LogP contribution is 2.27. The minimum absolute atomic E-state index is 0.102. The molecule has 1 amide bonds. The molecular formula is C21H15Cl2FN2O3. The van der Waals surface area contributed by atoms with Crippen LogP contribution in [0.2, 0.25) is 10.0 Å². The first-order chi connectivity index (χ1) is 13.8. The van der Waals surface area contributed by atoms with Crippen LogP contribution in [-0.2, 0) is 13.1 Å². The Kier molecular flexibility index (Phi) is 6.46. The van der Waals surface area contributed by atoms with Gasteiger partial charge in [-0.25, -0.2) is 14.2 Å². The lowest BCUT2D eigenvalue weighted by Gasteiger charge is -2.24. The molecule has 148 valence electrons. The number of hydrogen-bond acceptors (Lipinski definition) is 3. The zero-order valence-electron chi connectivity index (χ0n) is 15.0. The molecule has 0 atom stereocenters. The summed E-state index contributed by atoms with van der Waals surface area (Å²) in [5.74, 6) is -2.08. The maximum absolute atomic E-state index is 13.6. The van der Waals surface area contributed by atoms with Crippen LogP contribution in [0.1, 0.15) is 32.0 Å². The van der Waals surface area contributed by atoms with Crippen molar-refractivity contribution in [1.29, 1.82) is 0 Å². The van der Waals surface area contributed by atoms with Gasteiger partial charge < -0.3 is 10.0 Å². The van der Waals surface area contributed by atoms with Gasteiger partial charge in [0.25, 0.3) is 5.91 Å².